The van der Waals surface area contributed by atoms with Crippen LogP contribution in [-0.4, -0.2) is 37.8 Å². The zero-order valence-electron chi connectivity index (χ0n) is 12.7. The minimum Gasteiger partial charge on any atom is -0.400 e. The quantitative estimate of drug-likeness (QED) is 0.555. The van der Waals surface area contributed by atoms with Gasteiger partial charge in [0, 0.05) is 7.11 Å². The molecule has 17 heavy (non-hydrogen) atoms. The topological polar surface area (TPSA) is 23.5 Å². The lowest BCUT2D eigenvalue weighted by molar-refractivity contribution is 0.389. The second-order valence-corrected chi connectivity index (χ2v) is 4.99. The smallest absolute Gasteiger partial charge is 0.0319 e. The largest absolute Gasteiger partial charge is 0.400 e. The molecule has 0 aromatic heterocycles. The van der Waals surface area contributed by atoms with Crippen LogP contribution in [-0.2, 0) is 0 Å². The van der Waals surface area contributed by atoms with E-state index >= 15 is 0 Å². The van der Waals surface area contributed by atoms with E-state index in [1.807, 2.05) is 0 Å². The van der Waals surface area contributed by atoms with Crippen LogP contribution >= 0.6 is 0 Å². The first-order valence-corrected chi connectivity index (χ1v) is 7.36. The minimum absolute atomic E-state index is 1.00. The lowest BCUT2D eigenvalue weighted by Crippen LogP contribution is -2.12. The number of hydrogen-bond donors (Lipinski definition) is 1. The van der Waals surface area contributed by atoms with E-state index < -0.39 is 0 Å². The van der Waals surface area contributed by atoms with E-state index in [-0.39, 0.29) is 0 Å². The van der Waals surface area contributed by atoms with Gasteiger partial charge in [0.05, 0.1) is 0 Å². The molecule has 106 valence electrons. The number of nitrogens with zero attached hydrogens (tertiary/aromatic N) is 1. The molecule has 0 rings (SSSR count). The third kappa shape index (κ3) is 21.7. The zero-order valence-corrected chi connectivity index (χ0v) is 12.7. The van der Waals surface area contributed by atoms with Crippen molar-refractivity contribution >= 4 is 0 Å². The van der Waals surface area contributed by atoms with Crippen LogP contribution in [0, 0.1) is 0 Å². The average Bonchev–Trinajstić information content (AvgIpc) is 2.34. The van der Waals surface area contributed by atoms with E-state index in [1.165, 1.54) is 70.8 Å². The SMILES string of the molecule is CCCCCCCCCCCCN(C)C.CO. The summed E-state index contributed by atoms with van der Waals surface area (Å²) in [4.78, 5) is 2.28. The standard InChI is InChI=1S/C14H31N.CH4O/c1-4-5-6-7-8-9-10-11-12-13-14-15(2)3;1-2/h4-14H2,1-3H3;2H,1H3. The summed E-state index contributed by atoms with van der Waals surface area (Å²) in [7, 11) is 5.32. The fourth-order valence-corrected chi connectivity index (χ4v) is 1.92. The van der Waals surface area contributed by atoms with Crippen molar-refractivity contribution in [2.24, 2.45) is 0 Å². The maximum absolute atomic E-state index is 7.00. The lowest BCUT2D eigenvalue weighted by atomic mass is 10.1. The van der Waals surface area contributed by atoms with E-state index in [1.54, 1.807) is 0 Å². The number of aliphatic hydroxyl groups is 1. The molecule has 0 heterocycles. The molecule has 0 radical (unpaired) electrons. The molecule has 0 saturated heterocycles. The lowest BCUT2D eigenvalue weighted by Gasteiger charge is -2.08. The van der Waals surface area contributed by atoms with E-state index in [2.05, 4.69) is 25.9 Å². The molecule has 2 nitrogen and oxygen atoms in total. The number of hydrogen-bond acceptors (Lipinski definition) is 2. The Morgan fingerprint density at radius 1 is 0.647 bits per heavy atom. The molecule has 0 atom stereocenters. The number of rotatable bonds is 11. The normalized spacial score (nSPS) is 10.2. The third-order valence-electron chi connectivity index (χ3n) is 2.96. The summed E-state index contributed by atoms with van der Waals surface area (Å²) in [5, 5.41) is 7.00. The molecular weight excluding hydrogens is 210 g/mol. The molecule has 0 aliphatic rings. The molecular formula is C15H35NO. The van der Waals surface area contributed by atoms with Gasteiger partial charge in [0.15, 0.2) is 0 Å². The van der Waals surface area contributed by atoms with Gasteiger partial charge in [-0.3, -0.25) is 0 Å². The van der Waals surface area contributed by atoms with Crippen molar-refractivity contribution in [3.8, 4) is 0 Å². The molecule has 0 aromatic rings. The molecule has 0 aromatic carbocycles. The molecule has 0 fully saturated rings. The number of aliphatic hydroxyl groups excluding tert-OH is 1. The van der Waals surface area contributed by atoms with Gasteiger partial charge in [0.2, 0.25) is 0 Å². The van der Waals surface area contributed by atoms with E-state index in [0.29, 0.717) is 0 Å². The highest BCUT2D eigenvalue weighted by Crippen LogP contribution is 2.10. The van der Waals surface area contributed by atoms with Crippen molar-refractivity contribution in [1.29, 1.82) is 0 Å². The van der Waals surface area contributed by atoms with Gasteiger partial charge in [0.1, 0.15) is 0 Å². The first-order chi connectivity index (χ1) is 8.27. The van der Waals surface area contributed by atoms with Gasteiger partial charge in [-0.05, 0) is 27.1 Å². The van der Waals surface area contributed by atoms with Crippen molar-refractivity contribution in [1.82, 2.24) is 4.90 Å². The Hall–Kier alpha value is -0.0800. The summed E-state index contributed by atoms with van der Waals surface area (Å²) in [6.45, 7) is 3.54. The van der Waals surface area contributed by atoms with Crippen LogP contribution in [0.5, 0.6) is 0 Å². The Bertz CT molecular complexity index is 115. The molecule has 1 N–H and O–H groups in total. The Balaban J connectivity index is 0. The molecule has 2 heteroatoms. The van der Waals surface area contributed by atoms with Crippen LogP contribution in [0.1, 0.15) is 71.1 Å². The molecule has 0 aliphatic carbocycles. The predicted molar refractivity (Wildman–Crippen MR) is 78.5 cm³/mol. The van der Waals surface area contributed by atoms with Crippen LogP contribution in [0.15, 0.2) is 0 Å². The third-order valence-corrected chi connectivity index (χ3v) is 2.96. The van der Waals surface area contributed by atoms with Gasteiger partial charge in [-0.25, -0.2) is 0 Å². The van der Waals surface area contributed by atoms with E-state index in [9.17, 15) is 0 Å². The van der Waals surface area contributed by atoms with Crippen LogP contribution < -0.4 is 0 Å². The maximum Gasteiger partial charge on any atom is 0.0319 e. The Labute approximate surface area is 109 Å². The molecule has 0 amide bonds. The van der Waals surface area contributed by atoms with Gasteiger partial charge >= 0.3 is 0 Å². The minimum atomic E-state index is 1.00. The zero-order chi connectivity index (χ0) is 13.4. The van der Waals surface area contributed by atoms with Gasteiger partial charge in [0.25, 0.3) is 0 Å². The first kappa shape index (κ1) is 19.3. The predicted octanol–water partition coefficient (Wildman–Crippen LogP) is 4.08. The molecule has 0 saturated carbocycles. The van der Waals surface area contributed by atoms with Crippen LogP contribution in [0.4, 0.5) is 0 Å². The highest BCUT2D eigenvalue weighted by molar-refractivity contribution is 4.49. The highest BCUT2D eigenvalue weighted by atomic mass is 16.2. The molecule has 0 spiro atoms. The van der Waals surface area contributed by atoms with E-state index in [0.717, 1.165) is 7.11 Å². The van der Waals surface area contributed by atoms with Gasteiger partial charge in [-0.2, -0.15) is 0 Å². The van der Waals surface area contributed by atoms with Crippen LogP contribution in [0.2, 0.25) is 0 Å². The Kier molecular flexibility index (Phi) is 20.7. The van der Waals surface area contributed by atoms with Gasteiger partial charge < -0.3 is 10.0 Å². The van der Waals surface area contributed by atoms with E-state index in [4.69, 9.17) is 5.11 Å². The Morgan fingerprint density at radius 2 is 1.00 bits per heavy atom. The Morgan fingerprint density at radius 3 is 1.35 bits per heavy atom. The average molecular weight is 245 g/mol. The monoisotopic (exact) mass is 245 g/mol. The summed E-state index contributed by atoms with van der Waals surface area (Å²) in [6, 6.07) is 0. The van der Waals surface area contributed by atoms with Crippen molar-refractivity contribution in [3.05, 3.63) is 0 Å². The fraction of sp³-hybridized carbons (Fsp3) is 1.00. The first-order valence-electron chi connectivity index (χ1n) is 7.36. The summed E-state index contributed by atoms with van der Waals surface area (Å²) in [5.41, 5.74) is 0. The van der Waals surface area contributed by atoms with Crippen molar-refractivity contribution in [2.75, 3.05) is 27.7 Å². The summed E-state index contributed by atoms with van der Waals surface area (Å²) >= 11 is 0. The van der Waals surface area contributed by atoms with Crippen molar-refractivity contribution < 1.29 is 5.11 Å². The van der Waals surface area contributed by atoms with Crippen molar-refractivity contribution in [2.45, 2.75) is 71.1 Å². The van der Waals surface area contributed by atoms with Gasteiger partial charge in [-0.15, -0.1) is 0 Å². The highest BCUT2D eigenvalue weighted by Gasteiger charge is 1.93. The maximum atomic E-state index is 7.00. The summed E-state index contributed by atoms with van der Waals surface area (Å²) in [6.07, 6.45) is 14.4. The van der Waals surface area contributed by atoms with Crippen LogP contribution in [0.25, 0.3) is 0 Å². The molecule has 0 bridgehead atoms. The summed E-state index contributed by atoms with van der Waals surface area (Å²) < 4.78 is 0. The second kappa shape index (κ2) is 18.3. The second-order valence-electron chi connectivity index (χ2n) is 4.99. The van der Waals surface area contributed by atoms with Gasteiger partial charge in [-0.1, -0.05) is 64.7 Å². The molecule has 0 aliphatic heterocycles. The van der Waals surface area contributed by atoms with Crippen LogP contribution in [0.3, 0.4) is 0 Å². The fourth-order valence-electron chi connectivity index (χ4n) is 1.92. The molecule has 0 unspecified atom stereocenters. The number of unbranched alkanes of at least 4 members (excludes halogenated alkanes) is 9. The summed E-state index contributed by atoms with van der Waals surface area (Å²) in [5.74, 6) is 0. The van der Waals surface area contributed by atoms with Crippen molar-refractivity contribution in [3.63, 3.8) is 0 Å².